The third-order valence-corrected chi connectivity index (χ3v) is 5.34. The van der Waals surface area contributed by atoms with Crippen molar-refractivity contribution in [3.63, 3.8) is 0 Å². The summed E-state index contributed by atoms with van der Waals surface area (Å²) in [5.74, 6) is 0. The molecule has 1 heterocycles. The van der Waals surface area contributed by atoms with E-state index < -0.39 is 0 Å². The van der Waals surface area contributed by atoms with Gasteiger partial charge in [0.05, 0.1) is 5.52 Å². The Hall–Kier alpha value is -3.06. The van der Waals surface area contributed by atoms with Gasteiger partial charge in [-0.3, -0.25) is 0 Å². The van der Waals surface area contributed by atoms with Gasteiger partial charge in [0.1, 0.15) is 0 Å². The summed E-state index contributed by atoms with van der Waals surface area (Å²) >= 11 is 0. The van der Waals surface area contributed by atoms with Crippen molar-refractivity contribution < 1.29 is 0 Å². The van der Waals surface area contributed by atoms with E-state index in [-0.39, 0.29) is 0 Å². The maximum atomic E-state index is 2.44. The number of nitrogens with zero attached hydrogens (tertiary/aromatic N) is 1. The molecule has 0 spiro atoms. The van der Waals surface area contributed by atoms with Crippen molar-refractivity contribution in [3.8, 4) is 16.8 Å². The van der Waals surface area contributed by atoms with Gasteiger partial charge in [-0.2, -0.15) is 0 Å². The average Bonchev–Trinajstić information content (AvgIpc) is 3.03. The van der Waals surface area contributed by atoms with Gasteiger partial charge in [0.15, 0.2) is 0 Å². The Morgan fingerprint density at radius 2 is 1.58 bits per heavy atom. The van der Waals surface area contributed by atoms with Crippen LogP contribution < -0.4 is 0 Å². The van der Waals surface area contributed by atoms with E-state index in [1.54, 1.807) is 0 Å². The molecule has 5 rings (SSSR count). The number of rotatable bonds is 2. The Morgan fingerprint density at radius 1 is 0.808 bits per heavy atom. The molecule has 3 aromatic carbocycles. The molecule has 0 bridgehead atoms. The lowest BCUT2D eigenvalue weighted by Crippen LogP contribution is -2.02. The zero-order valence-corrected chi connectivity index (χ0v) is 14.9. The van der Waals surface area contributed by atoms with E-state index >= 15 is 0 Å². The highest BCUT2D eigenvalue weighted by molar-refractivity contribution is 5.96. The van der Waals surface area contributed by atoms with Gasteiger partial charge in [-0.1, -0.05) is 66.2 Å². The van der Waals surface area contributed by atoms with Crippen molar-refractivity contribution in [1.82, 2.24) is 4.57 Å². The number of benzene rings is 3. The lowest BCUT2D eigenvalue weighted by Gasteiger charge is -2.13. The lowest BCUT2D eigenvalue weighted by molar-refractivity contribution is 0.888. The Kier molecular flexibility index (Phi) is 3.53. The average molecular weight is 335 g/mol. The molecule has 4 aromatic rings. The summed E-state index contributed by atoms with van der Waals surface area (Å²) in [7, 11) is 0. The van der Waals surface area contributed by atoms with Gasteiger partial charge in [-0.25, -0.2) is 0 Å². The molecule has 1 aliphatic rings. The molecule has 0 aliphatic heterocycles. The van der Waals surface area contributed by atoms with Crippen LogP contribution in [0, 0.1) is 6.92 Å². The van der Waals surface area contributed by atoms with E-state index in [2.05, 4.69) is 96.4 Å². The molecule has 0 saturated carbocycles. The summed E-state index contributed by atoms with van der Waals surface area (Å²) in [6, 6.07) is 26.4. The van der Waals surface area contributed by atoms with Gasteiger partial charge in [-0.05, 0) is 55.2 Å². The second-order valence-corrected chi connectivity index (χ2v) is 7.07. The number of fused-ring (bicyclic) bond motifs is 3. The van der Waals surface area contributed by atoms with Gasteiger partial charge in [0.25, 0.3) is 0 Å². The minimum atomic E-state index is 1.09. The summed E-state index contributed by atoms with van der Waals surface area (Å²) in [5.41, 5.74) is 9.20. The third-order valence-electron chi connectivity index (χ3n) is 5.34. The van der Waals surface area contributed by atoms with E-state index in [4.69, 9.17) is 0 Å². The van der Waals surface area contributed by atoms with E-state index in [1.807, 2.05) is 0 Å². The largest absolute Gasteiger partial charge is 0.313 e. The van der Waals surface area contributed by atoms with E-state index in [9.17, 15) is 0 Å². The van der Waals surface area contributed by atoms with Gasteiger partial charge in [-0.15, -0.1) is 0 Å². The van der Waals surface area contributed by atoms with Crippen molar-refractivity contribution in [2.45, 2.75) is 19.8 Å². The molecule has 0 atom stereocenters. The van der Waals surface area contributed by atoms with Crippen molar-refractivity contribution in [2.75, 3.05) is 0 Å². The fourth-order valence-corrected chi connectivity index (χ4v) is 4.02. The number of aryl methyl sites for hydroxylation is 1. The highest BCUT2D eigenvalue weighted by Crippen LogP contribution is 2.36. The molecular formula is C25H21N. The predicted octanol–water partition coefficient (Wildman–Crippen LogP) is 6.57. The van der Waals surface area contributed by atoms with Crippen LogP contribution >= 0.6 is 0 Å². The fraction of sp³-hybridized carbons (Fsp3) is 0.120. The van der Waals surface area contributed by atoms with E-state index in [0.29, 0.717) is 0 Å². The quantitative estimate of drug-likeness (QED) is 0.390. The third kappa shape index (κ3) is 2.40. The monoisotopic (exact) mass is 335 g/mol. The SMILES string of the molecule is Cc1ccc(-c2ccc3c(c2)c2c(n3-c3ccccc3)CCC=C2)cc1. The van der Waals surface area contributed by atoms with Crippen LogP contribution in [-0.2, 0) is 6.42 Å². The van der Waals surface area contributed by atoms with Crippen LogP contribution in [0.1, 0.15) is 23.2 Å². The minimum absolute atomic E-state index is 1.09. The molecule has 0 amide bonds. The molecule has 126 valence electrons. The van der Waals surface area contributed by atoms with Crippen LogP contribution in [-0.4, -0.2) is 4.57 Å². The van der Waals surface area contributed by atoms with Gasteiger partial charge < -0.3 is 4.57 Å². The Bertz CT molecular complexity index is 1110. The number of hydrogen-bond acceptors (Lipinski definition) is 0. The maximum absolute atomic E-state index is 2.44. The first kappa shape index (κ1) is 15.2. The van der Waals surface area contributed by atoms with Gasteiger partial charge in [0, 0.05) is 22.3 Å². The fourth-order valence-electron chi connectivity index (χ4n) is 4.02. The van der Waals surface area contributed by atoms with E-state index in [0.717, 1.165) is 12.8 Å². The van der Waals surface area contributed by atoms with Gasteiger partial charge >= 0.3 is 0 Å². The smallest absolute Gasteiger partial charge is 0.0538 e. The second kappa shape index (κ2) is 6.03. The maximum Gasteiger partial charge on any atom is 0.0538 e. The molecule has 1 heteroatoms. The topological polar surface area (TPSA) is 4.93 Å². The summed E-state index contributed by atoms with van der Waals surface area (Å²) in [6.07, 6.45) is 6.81. The first-order valence-electron chi connectivity index (χ1n) is 9.27. The molecule has 1 aliphatic carbocycles. The Morgan fingerprint density at radius 3 is 2.38 bits per heavy atom. The molecule has 1 nitrogen and oxygen atoms in total. The summed E-state index contributed by atoms with van der Waals surface area (Å²) in [6.45, 7) is 2.13. The van der Waals surface area contributed by atoms with Crippen molar-refractivity contribution >= 4 is 17.0 Å². The second-order valence-electron chi connectivity index (χ2n) is 7.07. The first-order chi connectivity index (χ1) is 12.8. The standard InChI is InChI=1S/C25H21N/c1-18-11-13-19(14-12-18)20-15-16-25-23(17-20)22-9-5-6-10-24(22)26(25)21-7-3-2-4-8-21/h2-5,7-9,11-17H,6,10H2,1H3. The van der Waals surface area contributed by atoms with Crippen LogP contribution in [0.4, 0.5) is 0 Å². The van der Waals surface area contributed by atoms with Crippen LogP contribution in [0.15, 0.2) is 78.9 Å². The zero-order valence-electron chi connectivity index (χ0n) is 14.9. The Balaban J connectivity index is 1.77. The number of allylic oxidation sites excluding steroid dienone is 1. The molecule has 0 N–H and O–H groups in total. The molecular weight excluding hydrogens is 314 g/mol. The molecule has 0 unspecified atom stereocenters. The normalized spacial score (nSPS) is 13.1. The molecule has 0 saturated heterocycles. The number of para-hydroxylation sites is 1. The lowest BCUT2D eigenvalue weighted by atomic mass is 9.98. The van der Waals surface area contributed by atoms with E-state index in [1.165, 1.54) is 44.5 Å². The molecule has 0 fully saturated rings. The predicted molar refractivity (Wildman–Crippen MR) is 111 cm³/mol. The van der Waals surface area contributed by atoms with Crippen LogP contribution in [0.25, 0.3) is 33.8 Å². The van der Waals surface area contributed by atoms with Crippen molar-refractivity contribution in [3.05, 3.63) is 95.7 Å². The highest BCUT2D eigenvalue weighted by Gasteiger charge is 2.18. The van der Waals surface area contributed by atoms with Crippen LogP contribution in [0.2, 0.25) is 0 Å². The zero-order chi connectivity index (χ0) is 17.5. The molecule has 1 aromatic heterocycles. The first-order valence-corrected chi connectivity index (χ1v) is 9.27. The van der Waals surface area contributed by atoms with Crippen molar-refractivity contribution in [1.29, 1.82) is 0 Å². The highest BCUT2D eigenvalue weighted by atomic mass is 15.0. The van der Waals surface area contributed by atoms with Crippen LogP contribution in [0.3, 0.4) is 0 Å². The Labute approximate surface area is 154 Å². The summed E-state index contributed by atoms with van der Waals surface area (Å²) in [4.78, 5) is 0. The molecule has 0 radical (unpaired) electrons. The number of hydrogen-bond donors (Lipinski definition) is 0. The minimum Gasteiger partial charge on any atom is -0.313 e. The number of aromatic nitrogens is 1. The summed E-state index contributed by atoms with van der Waals surface area (Å²) < 4.78 is 2.44. The summed E-state index contributed by atoms with van der Waals surface area (Å²) in [5, 5.41) is 1.35. The molecule has 26 heavy (non-hydrogen) atoms. The van der Waals surface area contributed by atoms with Crippen molar-refractivity contribution in [2.24, 2.45) is 0 Å². The van der Waals surface area contributed by atoms with Gasteiger partial charge in [0.2, 0.25) is 0 Å². The van der Waals surface area contributed by atoms with Crippen LogP contribution in [0.5, 0.6) is 0 Å².